The van der Waals surface area contributed by atoms with E-state index in [2.05, 4.69) is 31.3 Å². The van der Waals surface area contributed by atoms with Crippen molar-refractivity contribution < 1.29 is 19.3 Å². The molecule has 0 radical (unpaired) electrons. The summed E-state index contributed by atoms with van der Waals surface area (Å²) >= 11 is 0. The lowest BCUT2D eigenvalue weighted by Gasteiger charge is -2.33. The van der Waals surface area contributed by atoms with Crippen molar-refractivity contribution in [2.24, 2.45) is 0 Å². The molecule has 6 heterocycles. The van der Waals surface area contributed by atoms with Gasteiger partial charge in [-0.15, -0.1) is 0 Å². The molecule has 0 unspecified atom stereocenters. The Balaban J connectivity index is 0.000000164. The summed E-state index contributed by atoms with van der Waals surface area (Å²) in [7, 11) is -0.490. The van der Waals surface area contributed by atoms with Crippen LogP contribution in [0.2, 0.25) is 6.82 Å². The third kappa shape index (κ3) is 9.23. The standard InChI is InChI=1S/C25H24N6O2.C23H25BN6O2/c1-2-21(32)30-14-6-7-18(15-30)31-25-22(24(26)27-16-28-25)23(29-31)17-10-12-20(13-11-17)33-19-8-4-3-5-9-19;1-24(31)29-13-5-6-17(14-29)30-23-20(22(25)26-15-27-23)21(28-30)16-9-11-19(12-10-16)32-18-7-3-2-4-8-18/h2-5,8-13,16,18H,1,6-7,14-15H2,(H2,26,27,28);2-4,7-12,15,17,31H,5-6,13-14H2,1H3,(H2,25,26,27)/t18-;17-/m11/s1. The Morgan fingerprint density at radius 3 is 1.57 bits per heavy atom. The normalized spacial score (nSPS) is 16.4. The summed E-state index contributed by atoms with van der Waals surface area (Å²) in [6, 6.07) is 34.9. The molecule has 2 atom stereocenters. The predicted octanol–water partition coefficient (Wildman–Crippen LogP) is 7.83. The summed E-state index contributed by atoms with van der Waals surface area (Å²) in [5, 5.41) is 21.4. The van der Waals surface area contributed by atoms with Crippen molar-refractivity contribution in [3.8, 4) is 45.5 Å². The highest BCUT2D eigenvalue weighted by Crippen LogP contribution is 2.37. The number of aromatic nitrogens is 8. The first-order valence-corrected chi connectivity index (χ1v) is 21.7. The Kier molecular flexibility index (Phi) is 12.5. The lowest BCUT2D eigenvalue weighted by atomic mass is 9.82. The molecule has 328 valence electrons. The molecule has 0 spiro atoms. The molecule has 2 saturated heterocycles. The highest BCUT2D eigenvalue weighted by Gasteiger charge is 2.30. The van der Waals surface area contributed by atoms with E-state index in [0.717, 1.165) is 83.1 Å². The van der Waals surface area contributed by atoms with Gasteiger partial charge in [-0.05, 0) is 118 Å². The first-order valence-electron chi connectivity index (χ1n) is 21.7. The second kappa shape index (κ2) is 19.0. The average molecular weight is 869 g/mol. The zero-order chi connectivity index (χ0) is 44.9. The van der Waals surface area contributed by atoms with Crippen molar-refractivity contribution in [3.63, 3.8) is 0 Å². The van der Waals surface area contributed by atoms with E-state index in [4.69, 9.17) is 31.1 Å². The van der Waals surface area contributed by atoms with E-state index in [-0.39, 0.29) is 18.0 Å². The van der Waals surface area contributed by atoms with Crippen LogP contribution in [0, 0.1) is 0 Å². The van der Waals surface area contributed by atoms with Gasteiger partial charge in [0.15, 0.2) is 11.3 Å². The Morgan fingerprint density at radius 2 is 1.11 bits per heavy atom. The van der Waals surface area contributed by atoms with Gasteiger partial charge in [0.1, 0.15) is 58.7 Å². The number of rotatable bonds is 10. The number of amides is 1. The topological polar surface area (TPSA) is 201 Å². The zero-order valence-electron chi connectivity index (χ0n) is 36.0. The molecule has 8 aromatic rings. The molecule has 5 N–H and O–H groups in total. The molecule has 16 nitrogen and oxygen atoms in total. The molecule has 4 aromatic heterocycles. The second-order valence-corrected chi connectivity index (χ2v) is 16.1. The van der Waals surface area contributed by atoms with E-state index >= 15 is 0 Å². The highest BCUT2D eigenvalue weighted by molar-refractivity contribution is 6.45. The molecule has 1 amide bonds. The van der Waals surface area contributed by atoms with Crippen LogP contribution >= 0.6 is 0 Å². The molecule has 2 aliphatic rings. The highest BCUT2D eigenvalue weighted by atomic mass is 16.5. The quantitative estimate of drug-likeness (QED) is 0.0888. The maximum atomic E-state index is 12.2. The Hall–Kier alpha value is -7.63. The minimum absolute atomic E-state index is 0.00566. The summed E-state index contributed by atoms with van der Waals surface area (Å²) in [6.45, 7) is 8.26. The van der Waals surface area contributed by atoms with Crippen molar-refractivity contribution in [3.05, 3.63) is 135 Å². The van der Waals surface area contributed by atoms with Gasteiger partial charge in [0.05, 0.1) is 22.9 Å². The third-order valence-corrected chi connectivity index (χ3v) is 11.8. The molecular weight excluding hydrogens is 819 g/mol. The van der Waals surface area contributed by atoms with Crippen molar-refractivity contribution in [1.82, 2.24) is 49.2 Å². The smallest absolute Gasteiger partial charge is 0.376 e. The number of piperidine rings is 2. The number of nitrogens with zero attached hydrogens (tertiary/aromatic N) is 10. The van der Waals surface area contributed by atoms with Gasteiger partial charge in [-0.3, -0.25) is 4.79 Å². The molecule has 2 aliphatic heterocycles. The number of fused-ring (bicyclic) bond motifs is 2. The molecular formula is C48H49BN12O4. The van der Waals surface area contributed by atoms with E-state index < -0.39 is 7.05 Å². The van der Waals surface area contributed by atoms with E-state index in [1.54, 1.807) is 11.7 Å². The van der Waals surface area contributed by atoms with E-state index in [1.807, 2.05) is 119 Å². The molecule has 0 saturated carbocycles. The number of hydrogen-bond donors (Lipinski definition) is 3. The monoisotopic (exact) mass is 868 g/mol. The van der Waals surface area contributed by atoms with Gasteiger partial charge in [0.2, 0.25) is 5.91 Å². The van der Waals surface area contributed by atoms with Gasteiger partial charge in [-0.1, -0.05) is 43.0 Å². The van der Waals surface area contributed by atoms with Gasteiger partial charge in [0, 0.05) is 30.8 Å². The number of likely N-dealkylation sites (tertiary alicyclic amines) is 1. The molecule has 0 aliphatic carbocycles. The molecule has 65 heavy (non-hydrogen) atoms. The fourth-order valence-electron chi connectivity index (χ4n) is 8.52. The Bertz CT molecular complexity index is 2910. The van der Waals surface area contributed by atoms with Gasteiger partial charge < -0.3 is 35.7 Å². The molecule has 17 heteroatoms. The van der Waals surface area contributed by atoms with Crippen LogP contribution in [0.25, 0.3) is 44.6 Å². The largest absolute Gasteiger partial charge is 0.457 e. The van der Waals surface area contributed by atoms with Crippen molar-refractivity contribution in [1.29, 1.82) is 0 Å². The van der Waals surface area contributed by atoms with Crippen molar-refractivity contribution in [2.75, 3.05) is 37.6 Å². The maximum absolute atomic E-state index is 12.2. The minimum atomic E-state index is -0.490. The van der Waals surface area contributed by atoms with Gasteiger partial charge in [0.25, 0.3) is 0 Å². The van der Waals surface area contributed by atoms with Gasteiger partial charge in [-0.2, -0.15) is 10.2 Å². The van der Waals surface area contributed by atoms with Crippen LogP contribution in [-0.2, 0) is 4.79 Å². The van der Waals surface area contributed by atoms with Gasteiger partial charge >= 0.3 is 7.05 Å². The van der Waals surface area contributed by atoms with Crippen LogP contribution in [0.5, 0.6) is 23.0 Å². The van der Waals surface area contributed by atoms with Crippen LogP contribution < -0.4 is 20.9 Å². The van der Waals surface area contributed by atoms with Crippen molar-refractivity contribution in [2.45, 2.75) is 44.6 Å². The third-order valence-electron chi connectivity index (χ3n) is 11.8. The number of benzene rings is 4. The van der Waals surface area contributed by atoms with Crippen LogP contribution in [0.4, 0.5) is 11.6 Å². The van der Waals surface area contributed by atoms with Crippen LogP contribution in [-0.4, -0.2) is 93.4 Å². The number of carbonyl (C=O) groups is 1. The Labute approximate surface area is 376 Å². The minimum Gasteiger partial charge on any atom is -0.457 e. The van der Waals surface area contributed by atoms with E-state index in [9.17, 15) is 9.82 Å². The Morgan fingerprint density at radius 1 is 0.662 bits per heavy atom. The zero-order valence-corrected chi connectivity index (χ0v) is 36.0. The van der Waals surface area contributed by atoms with E-state index in [1.165, 1.54) is 18.7 Å². The molecule has 10 rings (SSSR count). The summed E-state index contributed by atoms with van der Waals surface area (Å²) in [6.07, 6.45) is 8.01. The number of hydrogen-bond acceptors (Lipinski definition) is 13. The summed E-state index contributed by atoms with van der Waals surface area (Å²) in [5.41, 5.74) is 17.2. The molecule has 0 bridgehead atoms. The van der Waals surface area contributed by atoms with Crippen LogP contribution in [0.1, 0.15) is 37.8 Å². The molecule has 2 fully saturated rings. The van der Waals surface area contributed by atoms with Gasteiger partial charge in [-0.25, -0.2) is 29.3 Å². The number of para-hydroxylation sites is 2. The summed E-state index contributed by atoms with van der Waals surface area (Å²) < 4.78 is 15.7. The maximum Gasteiger partial charge on any atom is 0.376 e. The summed E-state index contributed by atoms with van der Waals surface area (Å²) in [4.78, 5) is 33.4. The van der Waals surface area contributed by atoms with Crippen LogP contribution in [0.15, 0.2) is 135 Å². The number of anilines is 2. The summed E-state index contributed by atoms with van der Waals surface area (Å²) in [5.74, 6) is 3.74. The first kappa shape index (κ1) is 42.7. The average Bonchev–Trinajstić information content (AvgIpc) is 3.94. The molecule has 4 aromatic carbocycles. The second-order valence-electron chi connectivity index (χ2n) is 16.1. The number of nitrogens with two attached hydrogens (primary N) is 2. The fourth-order valence-corrected chi connectivity index (χ4v) is 8.52. The number of nitrogen functional groups attached to an aromatic ring is 2. The fraction of sp³-hybridized carbons (Fsp3) is 0.229. The first-order chi connectivity index (χ1) is 31.7. The SMILES string of the molecule is C=CC(=O)N1CCC[C@@H](n2nc(-c3ccc(Oc4ccccc4)cc3)c3c(N)ncnc32)C1.CB(O)N1CCC[C@@H](n2nc(-c3ccc(Oc4ccccc4)cc3)c3c(N)ncnc32)C1. The van der Waals surface area contributed by atoms with Crippen LogP contribution in [0.3, 0.4) is 0 Å². The lowest BCUT2D eigenvalue weighted by molar-refractivity contribution is -0.127. The number of carbonyl (C=O) groups excluding carboxylic acids is 1. The lowest BCUT2D eigenvalue weighted by Crippen LogP contribution is -2.44. The van der Waals surface area contributed by atoms with Crippen molar-refractivity contribution >= 4 is 46.7 Å². The van der Waals surface area contributed by atoms with E-state index in [0.29, 0.717) is 48.0 Å². The number of ether oxygens (including phenoxy) is 2. The predicted molar refractivity (Wildman–Crippen MR) is 252 cm³/mol.